The van der Waals surface area contributed by atoms with Crippen LogP contribution in [0, 0.1) is 0 Å². The van der Waals surface area contributed by atoms with Gasteiger partial charge in [0.1, 0.15) is 0 Å². The Morgan fingerprint density at radius 3 is 2.45 bits per heavy atom. The third kappa shape index (κ3) is 1.89. The summed E-state index contributed by atoms with van der Waals surface area (Å²) in [6.45, 7) is 0. The van der Waals surface area contributed by atoms with E-state index in [4.69, 9.17) is 0 Å². The van der Waals surface area contributed by atoms with Crippen molar-refractivity contribution in [1.29, 1.82) is 0 Å². The summed E-state index contributed by atoms with van der Waals surface area (Å²) in [5, 5.41) is 3.00. The Morgan fingerprint density at radius 2 is 2.18 bits per heavy atom. The summed E-state index contributed by atoms with van der Waals surface area (Å²) in [5.41, 5.74) is -0.984. The Kier molecular flexibility index (Phi) is 2.12. The van der Waals surface area contributed by atoms with Crippen molar-refractivity contribution >= 4 is 11.8 Å². The minimum atomic E-state index is -4.41. The van der Waals surface area contributed by atoms with Gasteiger partial charge in [-0.05, 0) is 6.26 Å². The first-order valence-corrected chi connectivity index (χ1v) is 3.84. The molecule has 0 amide bonds. The quantitative estimate of drug-likeness (QED) is 0.625. The molecule has 62 valence electrons. The van der Waals surface area contributed by atoms with E-state index in [9.17, 15) is 13.2 Å². The first kappa shape index (κ1) is 8.45. The molecular weight excluding hydrogens is 179 g/mol. The van der Waals surface area contributed by atoms with Crippen LogP contribution in [0.3, 0.4) is 0 Å². The van der Waals surface area contributed by atoms with Crippen LogP contribution in [0.2, 0.25) is 0 Å². The van der Waals surface area contributed by atoms with Gasteiger partial charge in [-0.15, -0.1) is 0 Å². The minimum Gasteiger partial charge on any atom is -0.349 e. The van der Waals surface area contributed by atoms with Gasteiger partial charge in [0, 0.05) is 6.07 Å². The van der Waals surface area contributed by atoms with Crippen LogP contribution in [-0.4, -0.2) is 11.4 Å². The van der Waals surface area contributed by atoms with E-state index in [2.05, 4.69) is 9.68 Å². The second-order valence-electron chi connectivity index (χ2n) is 1.73. The molecule has 0 fully saturated rings. The number of rotatable bonds is 1. The first-order chi connectivity index (χ1) is 5.04. The van der Waals surface area contributed by atoms with Crippen molar-refractivity contribution in [1.82, 2.24) is 5.16 Å². The highest BCUT2D eigenvalue weighted by molar-refractivity contribution is 7.98. The van der Waals surface area contributed by atoms with Crippen LogP contribution in [0.15, 0.2) is 15.7 Å². The molecule has 0 aromatic carbocycles. The van der Waals surface area contributed by atoms with E-state index >= 15 is 0 Å². The molecule has 6 heteroatoms. The SMILES string of the molecule is CSc1cc(C(F)(F)F)no1. The Labute approximate surface area is 64.7 Å². The standard InChI is InChI=1S/C5H4F3NOS/c1-11-4-2-3(9-10-4)5(6,7)8/h2H,1H3. The topological polar surface area (TPSA) is 26.0 Å². The van der Waals surface area contributed by atoms with E-state index < -0.39 is 11.9 Å². The lowest BCUT2D eigenvalue weighted by atomic mass is 10.4. The number of thioether (sulfide) groups is 1. The molecule has 0 bridgehead atoms. The third-order valence-electron chi connectivity index (χ3n) is 0.980. The van der Waals surface area contributed by atoms with Crippen molar-refractivity contribution in [2.45, 2.75) is 11.3 Å². The number of hydrogen-bond donors (Lipinski definition) is 0. The molecule has 0 saturated carbocycles. The Balaban J connectivity index is 2.89. The second-order valence-corrected chi connectivity index (χ2v) is 2.54. The lowest BCUT2D eigenvalue weighted by Crippen LogP contribution is -2.04. The van der Waals surface area contributed by atoms with Gasteiger partial charge < -0.3 is 4.52 Å². The molecule has 0 unspecified atom stereocenters. The number of aromatic nitrogens is 1. The molecule has 0 saturated heterocycles. The van der Waals surface area contributed by atoms with Gasteiger partial charge >= 0.3 is 6.18 Å². The zero-order valence-corrected chi connectivity index (χ0v) is 6.29. The average Bonchev–Trinajstić information content (AvgIpc) is 2.32. The van der Waals surface area contributed by atoms with Crippen LogP contribution >= 0.6 is 11.8 Å². The van der Waals surface area contributed by atoms with Crippen molar-refractivity contribution in [2.24, 2.45) is 0 Å². The molecule has 0 aliphatic rings. The fraction of sp³-hybridized carbons (Fsp3) is 0.400. The Bertz CT molecular complexity index is 244. The van der Waals surface area contributed by atoms with Gasteiger partial charge in [0.2, 0.25) is 0 Å². The van der Waals surface area contributed by atoms with Crippen molar-refractivity contribution < 1.29 is 17.7 Å². The van der Waals surface area contributed by atoms with Crippen LogP contribution in [0.4, 0.5) is 13.2 Å². The fourth-order valence-corrected chi connectivity index (χ4v) is 0.830. The van der Waals surface area contributed by atoms with Crippen LogP contribution < -0.4 is 0 Å². The number of alkyl halides is 3. The van der Waals surface area contributed by atoms with E-state index in [-0.39, 0.29) is 5.09 Å². The maximum atomic E-state index is 11.8. The number of halogens is 3. The lowest BCUT2D eigenvalue weighted by molar-refractivity contribution is -0.142. The molecule has 0 atom stereocenters. The molecule has 1 aromatic heterocycles. The molecule has 0 radical (unpaired) electrons. The molecular formula is C5H4F3NOS. The summed E-state index contributed by atoms with van der Waals surface area (Å²) in [4.78, 5) is 0. The van der Waals surface area contributed by atoms with E-state index in [1.807, 2.05) is 0 Å². The normalized spacial score (nSPS) is 12.0. The van der Waals surface area contributed by atoms with Gasteiger partial charge in [-0.2, -0.15) is 13.2 Å². The van der Waals surface area contributed by atoms with E-state index in [1.54, 1.807) is 6.26 Å². The van der Waals surface area contributed by atoms with Gasteiger partial charge in [-0.1, -0.05) is 16.9 Å². The van der Waals surface area contributed by atoms with Gasteiger partial charge in [0.15, 0.2) is 10.8 Å². The van der Waals surface area contributed by atoms with Gasteiger partial charge in [-0.3, -0.25) is 0 Å². The van der Waals surface area contributed by atoms with Crippen molar-refractivity contribution in [3.8, 4) is 0 Å². The zero-order valence-electron chi connectivity index (χ0n) is 5.47. The fourth-order valence-electron chi connectivity index (χ4n) is 0.488. The summed E-state index contributed by atoms with van der Waals surface area (Å²) in [5.74, 6) is 0. The monoisotopic (exact) mass is 183 g/mol. The molecule has 0 spiro atoms. The number of nitrogens with zero attached hydrogens (tertiary/aromatic N) is 1. The Morgan fingerprint density at radius 1 is 1.55 bits per heavy atom. The summed E-state index contributed by atoms with van der Waals surface area (Å²) in [7, 11) is 0. The molecule has 11 heavy (non-hydrogen) atoms. The van der Waals surface area contributed by atoms with Crippen LogP contribution in [-0.2, 0) is 6.18 Å². The summed E-state index contributed by atoms with van der Waals surface area (Å²) in [6.07, 6.45) is -2.79. The highest BCUT2D eigenvalue weighted by Gasteiger charge is 2.34. The number of hydrogen-bond acceptors (Lipinski definition) is 3. The van der Waals surface area contributed by atoms with E-state index in [1.165, 1.54) is 0 Å². The van der Waals surface area contributed by atoms with Crippen LogP contribution in [0.5, 0.6) is 0 Å². The first-order valence-electron chi connectivity index (χ1n) is 2.62. The second kappa shape index (κ2) is 2.77. The van der Waals surface area contributed by atoms with Crippen LogP contribution in [0.1, 0.15) is 5.69 Å². The van der Waals surface area contributed by atoms with Crippen molar-refractivity contribution in [2.75, 3.05) is 6.26 Å². The highest BCUT2D eigenvalue weighted by Crippen LogP contribution is 2.30. The maximum Gasteiger partial charge on any atom is 0.436 e. The zero-order chi connectivity index (χ0) is 8.48. The Hall–Kier alpha value is -0.650. The summed E-state index contributed by atoms with van der Waals surface area (Å²) in [6, 6.07) is 0.866. The molecule has 1 heterocycles. The minimum absolute atomic E-state index is 0.164. The van der Waals surface area contributed by atoms with Gasteiger partial charge in [0.25, 0.3) is 0 Å². The molecule has 1 rings (SSSR count). The van der Waals surface area contributed by atoms with Crippen molar-refractivity contribution in [3.63, 3.8) is 0 Å². The molecule has 1 aromatic rings. The third-order valence-corrected chi connectivity index (χ3v) is 1.57. The highest BCUT2D eigenvalue weighted by atomic mass is 32.2. The summed E-state index contributed by atoms with van der Waals surface area (Å²) >= 11 is 1.08. The predicted molar refractivity (Wildman–Crippen MR) is 33.3 cm³/mol. The smallest absolute Gasteiger partial charge is 0.349 e. The van der Waals surface area contributed by atoms with Crippen LogP contribution in [0.25, 0.3) is 0 Å². The lowest BCUT2D eigenvalue weighted by Gasteiger charge is -1.97. The molecule has 2 nitrogen and oxygen atoms in total. The van der Waals surface area contributed by atoms with Gasteiger partial charge in [0.05, 0.1) is 0 Å². The van der Waals surface area contributed by atoms with E-state index in [0.29, 0.717) is 0 Å². The molecule has 0 aliphatic heterocycles. The largest absolute Gasteiger partial charge is 0.436 e. The molecule has 0 aliphatic carbocycles. The predicted octanol–water partition coefficient (Wildman–Crippen LogP) is 2.42. The van der Waals surface area contributed by atoms with E-state index in [0.717, 1.165) is 17.8 Å². The van der Waals surface area contributed by atoms with Crippen molar-refractivity contribution in [3.05, 3.63) is 11.8 Å². The van der Waals surface area contributed by atoms with Gasteiger partial charge in [-0.25, -0.2) is 0 Å². The maximum absolute atomic E-state index is 11.8. The molecule has 0 N–H and O–H groups in total. The average molecular weight is 183 g/mol. The summed E-state index contributed by atoms with van der Waals surface area (Å²) < 4.78 is 39.8.